The summed E-state index contributed by atoms with van der Waals surface area (Å²) in [5.74, 6) is -0.917. The van der Waals surface area contributed by atoms with Crippen LogP contribution in [0.1, 0.15) is 24.0 Å². The molecule has 1 heterocycles. The number of aliphatic carboxylic acids is 1. The van der Waals surface area contributed by atoms with Gasteiger partial charge >= 0.3 is 12.0 Å². The highest BCUT2D eigenvalue weighted by atomic mass is 16.4. The van der Waals surface area contributed by atoms with E-state index in [0.717, 1.165) is 12.0 Å². The summed E-state index contributed by atoms with van der Waals surface area (Å²) >= 11 is 0. The zero-order valence-electron chi connectivity index (χ0n) is 11.9. The highest BCUT2D eigenvalue weighted by molar-refractivity contribution is 5.83. The summed E-state index contributed by atoms with van der Waals surface area (Å²) < 4.78 is 0. The Morgan fingerprint density at radius 1 is 1.35 bits per heavy atom. The van der Waals surface area contributed by atoms with Crippen molar-refractivity contribution < 1.29 is 14.7 Å². The number of urea groups is 1. The maximum absolute atomic E-state index is 12.3. The van der Waals surface area contributed by atoms with Crippen molar-refractivity contribution in [2.24, 2.45) is 0 Å². The van der Waals surface area contributed by atoms with Crippen LogP contribution in [0.3, 0.4) is 0 Å². The number of hydrogen-bond acceptors (Lipinski definition) is 2. The van der Waals surface area contributed by atoms with E-state index in [1.165, 1.54) is 10.5 Å². The monoisotopic (exact) mass is 276 g/mol. The molecule has 2 rings (SSSR count). The van der Waals surface area contributed by atoms with Gasteiger partial charge < -0.3 is 14.9 Å². The van der Waals surface area contributed by atoms with Crippen LogP contribution in [0.5, 0.6) is 0 Å². The maximum Gasteiger partial charge on any atom is 0.326 e. The first kappa shape index (κ1) is 14.4. The molecule has 108 valence electrons. The van der Waals surface area contributed by atoms with Gasteiger partial charge in [0.1, 0.15) is 6.04 Å². The topological polar surface area (TPSA) is 60.9 Å². The second-order valence-corrected chi connectivity index (χ2v) is 5.31. The van der Waals surface area contributed by atoms with Gasteiger partial charge in [-0.15, -0.1) is 0 Å². The van der Waals surface area contributed by atoms with E-state index in [0.29, 0.717) is 19.5 Å². The van der Waals surface area contributed by atoms with Gasteiger partial charge in [-0.25, -0.2) is 9.59 Å². The minimum atomic E-state index is -0.917. The van der Waals surface area contributed by atoms with E-state index in [9.17, 15) is 9.59 Å². The van der Waals surface area contributed by atoms with Gasteiger partial charge in [0.25, 0.3) is 0 Å². The largest absolute Gasteiger partial charge is 0.480 e. The molecule has 1 N–H and O–H groups in total. The third kappa shape index (κ3) is 3.10. The lowest BCUT2D eigenvalue weighted by Gasteiger charge is -2.27. The van der Waals surface area contributed by atoms with Crippen molar-refractivity contribution in [3.63, 3.8) is 0 Å². The average molecular weight is 276 g/mol. The molecule has 1 aromatic rings. The van der Waals surface area contributed by atoms with Crippen LogP contribution in [0.4, 0.5) is 4.79 Å². The van der Waals surface area contributed by atoms with E-state index in [4.69, 9.17) is 5.11 Å². The van der Waals surface area contributed by atoms with Crippen LogP contribution in [-0.2, 0) is 11.3 Å². The van der Waals surface area contributed by atoms with E-state index >= 15 is 0 Å². The highest BCUT2D eigenvalue weighted by Crippen LogP contribution is 2.19. The lowest BCUT2D eigenvalue weighted by molar-refractivity contribution is -0.141. The predicted octanol–water partition coefficient (Wildman–Crippen LogP) is 2.10. The first-order valence-corrected chi connectivity index (χ1v) is 6.79. The number of nitrogens with zero attached hydrogens (tertiary/aromatic N) is 2. The van der Waals surface area contributed by atoms with Gasteiger partial charge in [-0.2, -0.15) is 0 Å². The molecule has 0 aromatic heterocycles. The van der Waals surface area contributed by atoms with Crippen molar-refractivity contribution in [3.8, 4) is 0 Å². The normalized spacial score (nSPS) is 18.1. The Kier molecular flexibility index (Phi) is 4.27. The highest BCUT2D eigenvalue weighted by Gasteiger charge is 2.35. The van der Waals surface area contributed by atoms with E-state index in [2.05, 4.69) is 0 Å². The summed E-state index contributed by atoms with van der Waals surface area (Å²) in [5, 5.41) is 9.12. The molecule has 5 heteroatoms. The Balaban J connectivity index is 2.01. The van der Waals surface area contributed by atoms with Crippen LogP contribution in [0.2, 0.25) is 0 Å². The van der Waals surface area contributed by atoms with Gasteiger partial charge in [0, 0.05) is 20.1 Å². The summed E-state index contributed by atoms with van der Waals surface area (Å²) in [5.41, 5.74) is 2.21. The quantitative estimate of drug-likeness (QED) is 0.919. The van der Waals surface area contributed by atoms with Gasteiger partial charge in [-0.05, 0) is 25.3 Å². The summed E-state index contributed by atoms with van der Waals surface area (Å²) in [6.07, 6.45) is 1.29. The standard InChI is InChI=1S/C15H20N2O3/c1-11-5-7-12(8-6-11)10-16(2)15(20)17-9-3-4-13(17)14(18)19/h5-8,13H,3-4,9-10H2,1-2H3,(H,18,19)/t13-/m1/s1. The van der Waals surface area contributed by atoms with E-state index < -0.39 is 12.0 Å². The Morgan fingerprint density at radius 2 is 2.00 bits per heavy atom. The van der Waals surface area contributed by atoms with Crippen molar-refractivity contribution >= 4 is 12.0 Å². The molecule has 1 aliphatic heterocycles. The van der Waals surface area contributed by atoms with Gasteiger partial charge in [0.15, 0.2) is 0 Å². The maximum atomic E-state index is 12.3. The molecule has 1 aromatic carbocycles. The molecule has 0 bridgehead atoms. The number of amides is 2. The van der Waals surface area contributed by atoms with E-state index in [1.54, 1.807) is 11.9 Å². The van der Waals surface area contributed by atoms with Gasteiger partial charge in [0.2, 0.25) is 0 Å². The first-order chi connectivity index (χ1) is 9.49. The lowest BCUT2D eigenvalue weighted by atomic mass is 10.1. The molecule has 0 radical (unpaired) electrons. The molecule has 1 aliphatic rings. The number of benzene rings is 1. The number of rotatable bonds is 3. The Labute approximate surface area is 118 Å². The van der Waals surface area contributed by atoms with Crippen molar-refractivity contribution in [3.05, 3.63) is 35.4 Å². The van der Waals surface area contributed by atoms with Gasteiger partial charge in [-0.1, -0.05) is 29.8 Å². The second-order valence-electron chi connectivity index (χ2n) is 5.31. The van der Waals surface area contributed by atoms with Gasteiger partial charge in [-0.3, -0.25) is 0 Å². The van der Waals surface area contributed by atoms with Crippen LogP contribution in [0.25, 0.3) is 0 Å². The number of hydrogen-bond donors (Lipinski definition) is 1. The Bertz CT molecular complexity index is 498. The van der Waals surface area contributed by atoms with Crippen molar-refractivity contribution in [2.75, 3.05) is 13.6 Å². The predicted molar refractivity (Wildman–Crippen MR) is 75.4 cm³/mol. The molecular formula is C15H20N2O3. The number of aryl methyl sites for hydroxylation is 1. The van der Waals surface area contributed by atoms with Crippen LogP contribution in [0, 0.1) is 6.92 Å². The average Bonchev–Trinajstić information content (AvgIpc) is 2.90. The van der Waals surface area contributed by atoms with Crippen LogP contribution < -0.4 is 0 Å². The third-order valence-electron chi connectivity index (χ3n) is 3.65. The number of carboxylic acid groups (broad SMARTS) is 1. The van der Waals surface area contributed by atoms with Crippen LogP contribution in [0.15, 0.2) is 24.3 Å². The number of carbonyl (C=O) groups is 2. The molecule has 0 aliphatic carbocycles. The van der Waals surface area contributed by atoms with Crippen molar-refractivity contribution in [2.45, 2.75) is 32.4 Å². The Hall–Kier alpha value is -2.04. The molecule has 1 atom stereocenters. The summed E-state index contributed by atoms with van der Waals surface area (Å²) in [7, 11) is 1.71. The molecule has 1 fully saturated rings. The number of carboxylic acids is 1. The van der Waals surface area contributed by atoms with E-state index in [1.807, 2.05) is 31.2 Å². The SMILES string of the molecule is Cc1ccc(CN(C)C(=O)N2CCC[C@@H]2C(=O)O)cc1. The van der Waals surface area contributed by atoms with Gasteiger partial charge in [0.05, 0.1) is 0 Å². The number of carbonyl (C=O) groups excluding carboxylic acids is 1. The van der Waals surface area contributed by atoms with E-state index in [-0.39, 0.29) is 6.03 Å². The summed E-state index contributed by atoms with van der Waals surface area (Å²) in [6.45, 7) is 3.02. The first-order valence-electron chi connectivity index (χ1n) is 6.79. The molecule has 0 spiro atoms. The lowest BCUT2D eigenvalue weighted by Crippen LogP contribution is -2.46. The van der Waals surface area contributed by atoms with Crippen molar-refractivity contribution in [1.29, 1.82) is 0 Å². The third-order valence-corrected chi connectivity index (χ3v) is 3.65. The fraction of sp³-hybridized carbons (Fsp3) is 0.467. The zero-order valence-corrected chi connectivity index (χ0v) is 11.9. The Morgan fingerprint density at radius 3 is 2.60 bits per heavy atom. The molecule has 20 heavy (non-hydrogen) atoms. The summed E-state index contributed by atoms with van der Waals surface area (Å²) in [4.78, 5) is 26.5. The minimum absolute atomic E-state index is 0.213. The fourth-order valence-electron chi connectivity index (χ4n) is 2.51. The molecule has 0 unspecified atom stereocenters. The minimum Gasteiger partial charge on any atom is -0.480 e. The van der Waals surface area contributed by atoms with Crippen LogP contribution in [-0.4, -0.2) is 46.5 Å². The summed E-state index contributed by atoms with van der Waals surface area (Å²) in [6, 6.07) is 7.08. The fourth-order valence-corrected chi connectivity index (χ4v) is 2.51. The molecule has 2 amide bonds. The number of likely N-dealkylation sites (tertiary alicyclic amines) is 1. The molecule has 1 saturated heterocycles. The molecule has 5 nitrogen and oxygen atoms in total. The molecular weight excluding hydrogens is 256 g/mol. The zero-order chi connectivity index (χ0) is 14.7. The second kappa shape index (κ2) is 5.94. The van der Waals surface area contributed by atoms with Crippen LogP contribution >= 0.6 is 0 Å². The molecule has 0 saturated carbocycles. The smallest absolute Gasteiger partial charge is 0.326 e. The van der Waals surface area contributed by atoms with Crippen molar-refractivity contribution in [1.82, 2.24) is 9.80 Å².